The van der Waals surface area contributed by atoms with E-state index < -0.39 is 0 Å². The van der Waals surface area contributed by atoms with Crippen molar-refractivity contribution < 1.29 is 9.63 Å². The van der Waals surface area contributed by atoms with Crippen molar-refractivity contribution in [3.63, 3.8) is 0 Å². The van der Waals surface area contributed by atoms with Gasteiger partial charge in [0.15, 0.2) is 5.82 Å². The van der Waals surface area contributed by atoms with Gasteiger partial charge in [-0.25, -0.2) is 0 Å². The molecule has 26 heavy (non-hydrogen) atoms. The Morgan fingerprint density at radius 3 is 2.65 bits per heavy atom. The van der Waals surface area contributed by atoms with Crippen LogP contribution in [0.3, 0.4) is 0 Å². The summed E-state index contributed by atoms with van der Waals surface area (Å²) in [4.78, 5) is 0. The van der Waals surface area contributed by atoms with Crippen LogP contribution < -0.4 is 5.32 Å². The van der Waals surface area contributed by atoms with Crippen molar-refractivity contribution in [3.05, 3.63) is 88.6 Å². The van der Waals surface area contributed by atoms with Crippen molar-refractivity contribution >= 4 is 28.2 Å². The van der Waals surface area contributed by atoms with Crippen molar-refractivity contribution in [1.82, 2.24) is 5.16 Å². The third-order valence-corrected chi connectivity index (χ3v) is 4.57. The second-order valence-electron chi connectivity index (χ2n) is 6.17. The summed E-state index contributed by atoms with van der Waals surface area (Å²) in [6.45, 7) is 1.84. The Labute approximate surface area is 156 Å². The van der Waals surface area contributed by atoms with Crippen molar-refractivity contribution in [2.75, 3.05) is 5.32 Å². The van der Waals surface area contributed by atoms with Crippen molar-refractivity contribution in [1.29, 1.82) is 0 Å². The number of aromatic hydroxyl groups is 1. The number of rotatable bonds is 4. The van der Waals surface area contributed by atoms with E-state index in [4.69, 9.17) is 16.1 Å². The highest BCUT2D eigenvalue weighted by atomic mass is 35.5. The molecule has 4 nitrogen and oxygen atoms in total. The van der Waals surface area contributed by atoms with Gasteiger partial charge in [0.1, 0.15) is 11.5 Å². The minimum atomic E-state index is -0.343. The van der Waals surface area contributed by atoms with Gasteiger partial charge in [-0.15, -0.1) is 0 Å². The van der Waals surface area contributed by atoms with Crippen LogP contribution in [0, 0.1) is 6.92 Å². The second-order valence-corrected chi connectivity index (χ2v) is 6.61. The number of hydrogen-bond donors (Lipinski definition) is 2. The monoisotopic (exact) mass is 364 g/mol. The third kappa shape index (κ3) is 3.11. The van der Waals surface area contributed by atoms with E-state index in [-0.39, 0.29) is 11.8 Å². The Kier molecular flexibility index (Phi) is 4.27. The van der Waals surface area contributed by atoms with Crippen LogP contribution >= 0.6 is 11.6 Å². The average molecular weight is 365 g/mol. The highest BCUT2D eigenvalue weighted by Crippen LogP contribution is 2.38. The predicted molar refractivity (Wildman–Crippen MR) is 104 cm³/mol. The van der Waals surface area contributed by atoms with Crippen molar-refractivity contribution in [3.8, 4) is 5.75 Å². The minimum Gasteiger partial charge on any atom is -0.508 e. The summed E-state index contributed by atoms with van der Waals surface area (Å²) in [5.41, 5.74) is 1.69. The maximum Gasteiger partial charge on any atom is 0.170 e. The van der Waals surface area contributed by atoms with Crippen LogP contribution in [0.25, 0.3) is 10.8 Å². The fraction of sp³-hybridized carbons (Fsp3) is 0.0952. The van der Waals surface area contributed by atoms with Gasteiger partial charge in [-0.05, 0) is 41.5 Å². The Bertz CT molecular complexity index is 1070. The number of fused-ring (bicyclic) bond motifs is 1. The molecule has 4 rings (SSSR count). The largest absolute Gasteiger partial charge is 0.508 e. The first kappa shape index (κ1) is 16.5. The van der Waals surface area contributed by atoms with Crippen molar-refractivity contribution in [2.45, 2.75) is 13.0 Å². The molecule has 0 fully saturated rings. The summed E-state index contributed by atoms with van der Waals surface area (Å²) in [5.74, 6) is 1.51. The predicted octanol–water partition coefficient (Wildman–Crippen LogP) is 5.70. The van der Waals surface area contributed by atoms with E-state index in [1.54, 1.807) is 6.07 Å². The highest BCUT2D eigenvalue weighted by Gasteiger charge is 2.22. The number of phenols is 1. The first-order valence-electron chi connectivity index (χ1n) is 8.28. The number of halogens is 1. The number of nitrogens with zero attached hydrogens (tertiary/aromatic N) is 1. The number of aryl methyl sites for hydroxylation is 1. The fourth-order valence-electron chi connectivity index (χ4n) is 3.18. The number of nitrogens with one attached hydrogen (secondary N) is 1. The number of phenolic OH excluding ortho intramolecular Hbond substituents is 1. The van der Waals surface area contributed by atoms with Gasteiger partial charge >= 0.3 is 0 Å². The van der Waals surface area contributed by atoms with Gasteiger partial charge in [0.05, 0.1) is 6.04 Å². The van der Waals surface area contributed by atoms with E-state index in [0.717, 1.165) is 21.9 Å². The Hall–Kier alpha value is -2.98. The van der Waals surface area contributed by atoms with Gasteiger partial charge < -0.3 is 14.9 Å². The maximum atomic E-state index is 10.7. The van der Waals surface area contributed by atoms with Crippen LogP contribution in [0.4, 0.5) is 5.82 Å². The van der Waals surface area contributed by atoms with Crippen LogP contribution in [-0.2, 0) is 0 Å². The van der Waals surface area contributed by atoms with Gasteiger partial charge in [-0.2, -0.15) is 0 Å². The van der Waals surface area contributed by atoms with Gasteiger partial charge in [0, 0.05) is 16.7 Å². The lowest BCUT2D eigenvalue weighted by Crippen LogP contribution is -2.13. The Balaban J connectivity index is 1.92. The number of benzene rings is 3. The normalized spacial score (nSPS) is 12.2. The van der Waals surface area contributed by atoms with Crippen molar-refractivity contribution in [2.24, 2.45) is 0 Å². The summed E-state index contributed by atoms with van der Waals surface area (Å²) < 4.78 is 5.18. The SMILES string of the molecule is Cc1cc(NC(c2cccc(Cl)c2)c2c(O)ccc3ccccc23)no1. The fourth-order valence-corrected chi connectivity index (χ4v) is 3.38. The molecule has 0 saturated carbocycles. The van der Waals surface area contributed by atoms with Gasteiger partial charge in [0.2, 0.25) is 0 Å². The third-order valence-electron chi connectivity index (χ3n) is 4.34. The molecule has 1 heterocycles. The first-order valence-corrected chi connectivity index (χ1v) is 8.65. The van der Waals surface area contributed by atoms with E-state index in [0.29, 0.717) is 16.6 Å². The lowest BCUT2D eigenvalue weighted by Gasteiger charge is -2.22. The summed E-state index contributed by atoms with van der Waals surface area (Å²) >= 11 is 6.22. The van der Waals surface area contributed by atoms with E-state index in [9.17, 15) is 5.11 Å². The van der Waals surface area contributed by atoms with E-state index in [2.05, 4.69) is 10.5 Å². The van der Waals surface area contributed by atoms with Gasteiger partial charge in [0.25, 0.3) is 0 Å². The molecule has 1 atom stereocenters. The minimum absolute atomic E-state index is 0.210. The van der Waals surface area contributed by atoms with Crippen LogP contribution in [-0.4, -0.2) is 10.3 Å². The van der Waals surface area contributed by atoms with Crippen LogP contribution in [0.15, 0.2) is 71.3 Å². The zero-order valence-electron chi connectivity index (χ0n) is 14.1. The van der Waals surface area contributed by atoms with E-state index >= 15 is 0 Å². The molecule has 5 heteroatoms. The maximum absolute atomic E-state index is 10.7. The van der Waals surface area contributed by atoms with E-state index in [1.165, 1.54) is 0 Å². The molecular weight excluding hydrogens is 348 g/mol. The standard InChI is InChI=1S/C21H17ClN2O2/c1-13-11-19(24-26-13)23-21(15-6-4-7-16(22)12-15)20-17-8-3-2-5-14(17)9-10-18(20)25/h2-12,21,25H,1H3,(H,23,24). The van der Waals surface area contributed by atoms with E-state index in [1.807, 2.05) is 67.6 Å². The van der Waals surface area contributed by atoms with Gasteiger partial charge in [-0.3, -0.25) is 0 Å². The number of anilines is 1. The molecular formula is C21H17ClN2O2. The lowest BCUT2D eigenvalue weighted by molar-refractivity contribution is 0.399. The topological polar surface area (TPSA) is 58.3 Å². The molecule has 3 aromatic carbocycles. The molecule has 1 unspecified atom stereocenters. The molecule has 0 aliphatic heterocycles. The molecule has 0 aliphatic carbocycles. The summed E-state index contributed by atoms with van der Waals surface area (Å²) in [6.07, 6.45) is 0. The average Bonchev–Trinajstić information content (AvgIpc) is 3.05. The lowest BCUT2D eigenvalue weighted by atomic mass is 9.92. The van der Waals surface area contributed by atoms with Crippen LogP contribution in [0.1, 0.15) is 22.9 Å². The molecule has 0 bridgehead atoms. The summed E-state index contributed by atoms with van der Waals surface area (Å²) in [7, 11) is 0. The molecule has 1 aromatic heterocycles. The molecule has 0 amide bonds. The molecule has 0 saturated heterocycles. The summed E-state index contributed by atoms with van der Waals surface area (Å²) in [6, 6.07) is 20.6. The molecule has 0 radical (unpaired) electrons. The van der Waals surface area contributed by atoms with Gasteiger partial charge in [-0.1, -0.05) is 59.2 Å². The second kappa shape index (κ2) is 6.73. The quantitative estimate of drug-likeness (QED) is 0.488. The summed E-state index contributed by atoms with van der Waals surface area (Å²) in [5, 5.41) is 20.7. The zero-order chi connectivity index (χ0) is 18.1. The molecule has 130 valence electrons. The van der Waals surface area contributed by atoms with Crippen LogP contribution in [0.2, 0.25) is 5.02 Å². The number of aromatic nitrogens is 1. The molecule has 2 N–H and O–H groups in total. The molecule has 0 aliphatic rings. The Morgan fingerprint density at radius 1 is 1.04 bits per heavy atom. The highest BCUT2D eigenvalue weighted by molar-refractivity contribution is 6.30. The molecule has 4 aromatic rings. The first-order chi connectivity index (χ1) is 12.6. The molecule has 0 spiro atoms. The zero-order valence-corrected chi connectivity index (χ0v) is 14.9. The smallest absolute Gasteiger partial charge is 0.170 e. The van der Waals surface area contributed by atoms with Crippen LogP contribution in [0.5, 0.6) is 5.75 Å². The number of hydrogen-bond acceptors (Lipinski definition) is 4. The Morgan fingerprint density at radius 2 is 1.88 bits per heavy atom.